The van der Waals surface area contributed by atoms with Gasteiger partial charge in [-0.05, 0) is 25.7 Å². The predicted octanol–water partition coefficient (Wildman–Crippen LogP) is 0.630. The minimum atomic E-state index is -0.207. The molecule has 1 aliphatic rings. The molecule has 0 saturated heterocycles. The van der Waals surface area contributed by atoms with E-state index in [1.54, 1.807) is 6.20 Å². The molecule has 0 atom stereocenters. The van der Waals surface area contributed by atoms with Crippen LogP contribution in [0.15, 0.2) is 12.4 Å². The normalized spacial score (nSPS) is 23.9. The molecule has 0 unspecified atom stereocenters. The lowest BCUT2D eigenvalue weighted by atomic mass is 9.87. The van der Waals surface area contributed by atoms with Gasteiger partial charge < -0.3 is 15.0 Å². The van der Waals surface area contributed by atoms with Gasteiger partial charge in [0.15, 0.2) is 0 Å². The number of rotatable bonds is 4. The fourth-order valence-electron chi connectivity index (χ4n) is 2.42. The Bertz CT molecular complexity index is 395. The monoisotopic (exact) mass is 251 g/mol. The van der Waals surface area contributed by atoms with E-state index >= 15 is 0 Å². The van der Waals surface area contributed by atoms with E-state index in [1.165, 1.54) is 0 Å². The standard InChI is InChI=1S/C13H21N3O2/c1-16-9-8-14-12(16)6-7-15-13(18)10-2-4-11(17)5-3-10/h8-11,17H,2-7H2,1H3,(H,15,18). The Kier molecular flexibility index (Phi) is 4.36. The molecule has 18 heavy (non-hydrogen) atoms. The highest BCUT2D eigenvalue weighted by atomic mass is 16.3. The maximum Gasteiger partial charge on any atom is 0.223 e. The van der Waals surface area contributed by atoms with Crippen LogP contribution in [0.3, 0.4) is 0 Å². The van der Waals surface area contributed by atoms with Crippen LogP contribution in [0.1, 0.15) is 31.5 Å². The van der Waals surface area contributed by atoms with Gasteiger partial charge in [-0.25, -0.2) is 4.98 Å². The third-order valence-corrected chi connectivity index (χ3v) is 3.64. The number of aliphatic hydroxyl groups excluding tert-OH is 1. The van der Waals surface area contributed by atoms with E-state index in [0.717, 1.165) is 37.9 Å². The van der Waals surface area contributed by atoms with Crippen LogP contribution in [0.4, 0.5) is 0 Å². The summed E-state index contributed by atoms with van der Waals surface area (Å²) in [6, 6.07) is 0. The van der Waals surface area contributed by atoms with Crippen molar-refractivity contribution in [2.75, 3.05) is 6.54 Å². The highest BCUT2D eigenvalue weighted by Gasteiger charge is 2.24. The van der Waals surface area contributed by atoms with Gasteiger partial charge in [0, 0.05) is 38.3 Å². The van der Waals surface area contributed by atoms with Gasteiger partial charge in [-0.2, -0.15) is 0 Å². The van der Waals surface area contributed by atoms with E-state index in [2.05, 4.69) is 10.3 Å². The number of nitrogens with one attached hydrogen (secondary N) is 1. The predicted molar refractivity (Wildman–Crippen MR) is 67.9 cm³/mol. The highest BCUT2D eigenvalue weighted by Crippen LogP contribution is 2.24. The second-order valence-electron chi connectivity index (χ2n) is 5.00. The lowest BCUT2D eigenvalue weighted by molar-refractivity contribution is -0.126. The van der Waals surface area contributed by atoms with E-state index in [1.807, 2.05) is 17.8 Å². The Hall–Kier alpha value is -1.36. The Morgan fingerprint density at radius 3 is 2.83 bits per heavy atom. The highest BCUT2D eigenvalue weighted by molar-refractivity contribution is 5.78. The van der Waals surface area contributed by atoms with Crippen molar-refractivity contribution >= 4 is 5.91 Å². The van der Waals surface area contributed by atoms with Crippen LogP contribution in [0.2, 0.25) is 0 Å². The fraction of sp³-hybridized carbons (Fsp3) is 0.692. The first kappa shape index (κ1) is 13.1. The lowest BCUT2D eigenvalue weighted by Crippen LogP contribution is -2.35. The molecule has 2 N–H and O–H groups in total. The number of hydrogen-bond acceptors (Lipinski definition) is 3. The van der Waals surface area contributed by atoms with Crippen LogP contribution in [0.25, 0.3) is 0 Å². The molecule has 1 aromatic heterocycles. The quantitative estimate of drug-likeness (QED) is 0.825. The number of carbonyl (C=O) groups excluding carboxylic acids is 1. The zero-order chi connectivity index (χ0) is 13.0. The average Bonchev–Trinajstić information content (AvgIpc) is 2.76. The number of hydrogen-bond donors (Lipinski definition) is 2. The summed E-state index contributed by atoms with van der Waals surface area (Å²) in [5, 5.41) is 12.4. The molecule has 1 heterocycles. The molecular formula is C13H21N3O2. The molecule has 5 heteroatoms. The van der Waals surface area contributed by atoms with Crippen molar-refractivity contribution in [2.24, 2.45) is 13.0 Å². The van der Waals surface area contributed by atoms with E-state index < -0.39 is 0 Å². The van der Waals surface area contributed by atoms with Crippen LogP contribution >= 0.6 is 0 Å². The number of aromatic nitrogens is 2. The number of amides is 1. The molecule has 1 saturated carbocycles. The number of imidazole rings is 1. The van der Waals surface area contributed by atoms with Gasteiger partial charge >= 0.3 is 0 Å². The minimum absolute atomic E-state index is 0.0785. The molecule has 0 radical (unpaired) electrons. The van der Waals surface area contributed by atoms with Crippen molar-refractivity contribution in [1.82, 2.24) is 14.9 Å². The Morgan fingerprint density at radius 2 is 2.22 bits per heavy atom. The van der Waals surface area contributed by atoms with Crippen LogP contribution < -0.4 is 5.32 Å². The summed E-state index contributed by atoms with van der Waals surface area (Å²) in [6.07, 6.45) is 7.31. The summed E-state index contributed by atoms with van der Waals surface area (Å²) in [5.41, 5.74) is 0. The molecule has 5 nitrogen and oxygen atoms in total. The van der Waals surface area contributed by atoms with Crippen molar-refractivity contribution < 1.29 is 9.90 Å². The molecule has 1 aliphatic carbocycles. The van der Waals surface area contributed by atoms with Crippen molar-refractivity contribution in [3.8, 4) is 0 Å². The van der Waals surface area contributed by atoms with Gasteiger partial charge in [0.1, 0.15) is 5.82 Å². The third kappa shape index (κ3) is 3.32. The summed E-state index contributed by atoms with van der Waals surface area (Å²) in [4.78, 5) is 16.1. The maximum absolute atomic E-state index is 11.9. The Morgan fingerprint density at radius 1 is 1.50 bits per heavy atom. The van der Waals surface area contributed by atoms with Crippen LogP contribution in [-0.2, 0) is 18.3 Å². The minimum Gasteiger partial charge on any atom is -0.393 e. The zero-order valence-corrected chi connectivity index (χ0v) is 10.8. The van der Waals surface area contributed by atoms with Gasteiger partial charge in [0.05, 0.1) is 6.10 Å². The second-order valence-corrected chi connectivity index (χ2v) is 5.00. The molecule has 1 amide bonds. The third-order valence-electron chi connectivity index (χ3n) is 3.64. The van der Waals surface area contributed by atoms with Gasteiger partial charge in [0.2, 0.25) is 5.91 Å². The Balaban J connectivity index is 1.70. The van der Waals surface area contributed by atoms with E-state index in [-0.39, 0.29) is 17.9 Å². The molecule has 0 spiro atoms. The first-order valence-electron chi connectivity index (χ1n) is 6.59. The van der Waals surface area contributed by atoms with Crippen LogP contribution in [0, 0.1) is 5.92 Å². The van der Waals surface area contributed by atoms with E-state index in [9.17, 15) is 9.90 Å². The molecule has 0 bridgehead atoms. The van der Waals surface area contributed by atoms with Crippen molar-refractivity contribution in [3.63, 3.8) is 0 Å². The van der Waals surface area contributed by atoms with Crippen LogP contribution in [-0.4, -0.2) is 33.2 Å². The number of nitrogens with zero attached hydrogens (tertiary/aromatic N) is 2. The average molecular weight is 251 g/mol. The summed E-state index contributed by atoms with van der Waals surface area (Å²) < 4.78 is 1.96. The largest absolute Gasteiger partial charge is 0.393 e. The van der Waals surface area contributed by atoms with E-state index in [4.69, 9.17) is 0 Å². The fourth-order valence-corrected chi connectivity index (χ4v) is 2.42. The molecule has 1 fully saturated rings. The molecule has 100 valence electrons. The van der Waals surface area contributed by atoms with Gasteiger partial charge in [-0.1, -0.05) is 0 Å². The summed E-state index contributed by atoms with van der Waals surface area (Å²) in [6.45, 7) is 0.628. The summed E-state index contributed by atoms with van der Waals surface area (Å²) in [5.74, 6) is 1.18. The first-order valence-corrected chi connectivity index (χ1v) is 6.59. The zero-order valence-electron chi connectivity index (χ0n) is 10.8. The smallest absolute Gasteiger partial charge is 0.223 e. The van der Waals surface area contributed by atoms with E-state index in [0.29, 0.717) is 6.54 Å². The SMILES string of the molecule is Cn1ccnc1CCNC(=O)C1CCC(O)CC1. The number of aliphatic hydroxyl groups is 1. The van der Waals surface area contributed by atoms with Crippen molar-refractivity contribution in [1.29, 1.82) is 0 Å². The molecular weight excluding hydrogens is 230 g/mol. The summed E-state index contributed by atoms with van der Waals surface area (Å²) >= 11 is 0. The molecule has 0 aliphatic heterocycles. The van der Waals surface area contributed by atoms with Crippen LogP contribution in [0.5, 0.6) is 0 Å². The summed E-state index contributed by atoms with van der Waals surface area (Å²) in [7, 11) is 1.95. The van der Waals surface area contributed by atoms with Gasteiger partial charge in [0.25, 0.3) is 0 Å². The maximum atomic E-state index is 11.9. The molecule has 2 rings (SSSR count). The second kappa shape index (κ2) is 6.00. The van der Waals surface area contributed by atoms with Crippen molar-refractivity contribution in [2.45, 2.75) is 38.2 Å². The molecule has 1 aromatic rings. The van der Waals surface area contributed by atoms with Gasteiger partial charge in [-0.15, -0.1) is 0 Å². The lowest BCUT2D eigenvalue weighted by Gasteiger charge is -2.24. The number of aryl methyl sites for hydroxylation is 1. The Labute approximate surface area is 107 Å². The number of carbonyl (C=O) groups is 1. The van der Waals surface area contributed by atoms with Gasteiger partial charge in [-0.3, -0.25) is 4.79 Å². The van der Waals surface area contributed by atoms with Crippen molar-refractivity contribution in [3.05, 3.63) is 18.2 Å². The first-order chi connectivity index (χ1) is 8.66. The topological polar surface area (TPSA) is 67.2 Å². The molecule has 0 aromatic carbocycles.